The fourth-order valence-corrected chi connectivity index (χ4v) is 3.50. The van der Waals surface area contributed by atoms with Gasteiger partial charge in [0.15, 0.2) is 6.54 Å². The monoisotopic (exact) mass is 385 g/mol. The van der Waals surface area contributed by atoms with Crippen LogP contribution in [0.3, 0.4) is 0 Å². The van der Waals surface area contributed by atoms with Gasteiger partial charge in [-0.3, -0.25) is 4.79 Å². The molecule has 0 aliphatic rings. The molecule has 2 aromatic rings. The van der Waals surface area contributed by atoms with Gasteiger partial charge < -0.3 is 10.6 Å². The molecule has 1 aromatic carbocycles. The molecule has 2 atom stereocenters. The Labute approximate surface area is 155 Å². The van der Waals surface area contributed by atoms with Gasteiger partial charge in [-0.15, -0.1) is 11.3 Å². The molecule has 0 fully saturated rings. The summed E-state index contributed by atoms with van der Waals surface area (Å²) >= 11 is 1.57. The smallest absolute Gasteiger partial charge is 0.342 e. The van der Waals surface area contributed by atoms with Gasteiger partial charge in [-0.1, -0.05) is 44.2 Å². The lowest BCUT2D eigenvalue weighted by molar-refractivity contribution is -0.676. The average Bonchev–Trinajstić information content (AvgIpc) is 3.14. The van der Waals surface area contributed by atoms with E-state index in [2.05, 4.69) is 26.0 Å². The van der Waals surface area contributed by atoms with Crippen molar-refractivity contribution >= 4 is 17.2 Å². The summed E-state index contributed by atoms with van der Waals surface area (Å²) in [6, 6.07) is 12.0. The molecule has 1 amide bonds. The van der Waals surface area contributed by atoms with E-state index in [4.69, 9.17) is 0 Å². The van der Waals surface area contributed by atoms with Gasteiger partial charge in [0.25, 0.3) is 5.91 Å². The fourth-order valence-electron chi connectivity index (χ4n) is 2.65. The lowest BCUT2D eigenvalue weighted by Crippen LogP contribution is -2.87. The number of alkyl halides is 3. The standard InChI is InChI=1S/C19H23F3N2OS/c1-3-13(2)14-6-8-15(9-7-14)18(16-5-4-10-26-16)23-11-17(25)24-12-19(20,21)22/h4-10,13,18,23H,3,11-12H2,1-2H3,(H,24,25)/p+1/t13-,18-/m1/s1. The normalized spacial score (nSPS) is 14.0. The number of halogens is 3. The molecule has 3 nitrogen and oxygen atoms in total. The van der Waals surface area contributed by atoms with Crippen LogP contribution in [0.2, 0.25) is 0 Å². The SMILES string of the molecule is CC[C@@H](C)c1ccc([C@@H]([NH2+]CC(=O)NCC(F)(F)F)c2cccs2)cc1. The molecule has 142 valence electrons. The second-order valence-electron chi connectivity index (χ2n) is 6.30. The summed E-state index contributed by atoms with van der Waals surface area (Å²) in [4.78, 5) is 12.8. The highest BCUT2D eigenvalue weighted by Gasteiger charge is 2.28. The van der Waals surface area contributed by atoms with Crippen molar-refractivity contribution in [3.05, 3.63) is 57.8 Å². The number of carbonyl (C=O) groups excluding carboxylic acids is 1. The van der Waals surface area contributed by atoms with Crippen LogP contribution in [-0.2, 0) is 4.79 Å². The number of amides is 1. The molecule has 26 heavy (non-hydrogen) atoms. The third-order valence-corrected chi connectivity index (χ3v) is 5.31. The van der Waals surface area contributed by atoms with Crippen molar-refractivity contribution in [1.29, 1.82) is 0 Å². The van der Waals surface area contributed by atoms with Gasteiger partial charge in [0.1, 0.15) is 12.6 Å². The zero-order chi connectivity index (χ0) is 19.2. The number of nitrogens with one attached hydrogen (secondary N) is 1. The van der Waals surface area contributed by atoms with Crippen molar-refractivity contribution in [3.8, 4) is 0 Å². The minimum Gasteiger partial charge on any atom is -0.342 e. The lowest BCUT2D eigenvalue weighted by atomic mass is 9.95. The van der Waals surface area contributed by atoms with Gasteiger partial charge in [-0.05, 0) is 29.3 Å². The quantitative estimate of drug-likeness (QED) is 0.717. The van der Waals surface area contributed by atoms with E-state index in [1.54, 1.807) is 16.7 Å². The second-order valence-corrected chi connectivity index (χ2v) is 7.28. The van der Waals surface area contributed by atoms with Crippen LogP contribution < -0.4 is 10.6 Å². The van der Waals surface area contributed by atoms with Crippen LogP contribution in [0.15, 0.2) is 41.8 Å². The predicted molar refractivity (Wildman–Crippen MR) is 97.2 cm³/mol. The Bertz CT molecular complexity index is 684. The van der Waals surface area contributed by atoms with E-state index in [9.17, 15) is 18.0 Å². The number of hydrogen-bond acceptors (Lipinski definition) is 2. The second kappa shape index (κ2) is 9.19. The third kappa shape index (κ3) is 6.14. The molecule has 0 unspecified atom stereocenters. The number of carbonyl (C=O) groups is 1. The van der Waals surface area contributed by atoms with Crippen LogP contribution in [0, 0.1) is 0 Å². The highest BCUT2D eigenvalue weighted by Crippen LogP contribution is 2.25. The maximum atomic E-state index is 12.2. The number of nitrogens with two attached hydrogens (primary N) is 1. The highest BCUT2D eigenvalue weighted by molar-refractivity contribution is 7.10. The van der Waals surface area contributed by atoms with Crippen molar-refractivity contribution in [2.45, 2.75) is 38.4 Å². The van der Waals surface area contributed by atoms with Crippen LogP contribution in [0.1, 0.15) is 48.2 Å². The molecule has 1 heterocycles. The topological polar surface area (TPSA) is 45.7 Å². The Hall–Kier alpha value is -1.86. The van der Waals surface area contributed by atoms with E-state index in [1.807, 2.05) is 35.0 Å². The summed E-state index contributed by atoms with van der Waals surface area (Å²) in [5, 5.41) is 5.64. The van der Waals surface area contributed by atoms with E-state index < -0.39 is 18.6 Å². The van der Waals surface area contributed by atoms with Crippen LogP contribution in [0.4, 0.5) is 13.2 Å². The highest BCUT2D eigenvalue weighted by atomic mass is 32.1. The van der Waals surface area contributed by atoms with E-state index in [-0.39, 0.29) is 12.6 Å². The first kappa shape index (κ1) is 20.5. The first-order valence-electron chi connectivity index (χ1n) is 8.60. The summed E-state index contributed by atoms with van der Waals surface area (Å²) in [6.45, 7) is 2.95. The molecular weight excluding hydrogens is 361 g/mol. The largest absolute Gasteiger partial charge is 0.405 e. The number of quaternary nitrogens is 1. The van der Waals surface area contributed by atoms with E-state index >= 15 is 0 Å². The van der Waals surface area contributed by atoms with Crippen LogP contribution >= 0.6 is 11.3 Å². The maximum Gasteiger partial charge on any atom is 0.405 e. The maximum absolute atomic E-state index is 12.2. The molecule has 0 spiro atoms. The molecule has 0 saturated heterocycles. The molecule has 7 heteroatoms. The van der Waals surface area contributed by atoms with E-state index in [0.29, 0.717) is 5.92 Å². The minimum absolute atomic E-state index is 0.0637. The van der Waals surface area contributed by atoms with Gasteiger partial charge in [-0.2, -0.15) is 13.2 Å². The van der Waals surface area contributed by atoms with Crippen LogP contribution in [0.5, 0.6) is 0 Å². The van der Waals surface area contributed by atoms with Gasteiger partial charge in [0.2, 0.25) is 0 Å². The summed E-state index contributed by atoms with van der Waals surface area (Å²) < 4.78 is 36.6. The Morgan fingerprint density at radius 3 is 2.38 bits per heavy atom. The van der Waals surface area contributed by atoms with E-state index in [0.717, 1.165) is 16.9 Å². The van der Waals surface area contributed by atoms with Crippen molar-refractivity contribution in [3.63, 3.8) is 0 Å². The molecule has 0 saturated carbocycles. The Morgan fingerprint density at radius 2 is 1.85 bits per heavy atom. The zero-order valence-electron chi connectivity index (χ0n) is 14.8. The summed E-state index contributed by atoms with van der Waals surface area (Å²) in [6.07, 6.45) is -3.34. The molecular formula is C19H24F3N2OS+. The van der Waals surface area contributed by atoms with Crippen molar-refractivity contribution in [2.24, 2.45) is 0 Å². The molecule has 2 rings (SSSR count). The Kier molecular flexibility index (Phi) is 7.23. The number of rotatable bonds is 8. The van der Waals surface area contributed by atoms with Gasteiger partial charge >= 0.3 is 6.18 Å². The average molecular weight is 385 g/mol. The van der Waals surface area contributed by atoms with Gasteiger partial charge in [0.05, 0.1) is 4.88 Å². The van der Waals surface area contributed by atoms with Crippen molar-refractivity contribution in [2.75, 3.05) is 13.1 Å². The molecule has 3 N–H and O–H groups in total. The first-order valence-corrected chi connectivity index (χ1v) is 9.48. The van der Waals surface area contributed by atoms with Crippen molar-refractivity contribution in [1.82, 2.24) is 5.32 Å². The minimum atomic E-state index is -4.39. The fraction of sp³-hybridized carbons (Fsp3) is 0.421. The number of benzene rings is 1. The van der Waals surface area contributed by atoms with Gasteiger partial charge in [0, 0.05) is 5.56 Å². The number of thiophene rings is 1. The van der Waals surface area contributed by atoms with Crippen molar-refractivity contribution < 1.29 is 23.3 Å². The van der Waals surface area contributed by atoms with Crippen LogP contribution in [0.25, 0.3) is 0 Å². The molecule has 0 aliphatic heterocycles. The Morgan fingerprint density at radius 1 is 1.19 bits per heavy atom. The van der Waals surface area contributed by atoms with E-state index in [1.165, 1.54) is 5.56 Å². The summed E-state index contributed by atoms with van der Waals surface area (Å²) in [7, 11) is 0. The number of hydrogen-bond donors (Lipinski definition) is 2. The third-order valence-electron chi connectivity index (χ3n) is 4.35. The summed E-state index contributed by atoms with van der Waals surface area (Å²) in [5.74, 6) is -0.151. The zero-order valence-corrected chi connectivity index (χ0v) is 15.7. The molecule has 0 aliphatic carbocycles. The Balaban J connectivity index is 2.06. The first-order chi connectivity index (χ1) is 12.3. The van der Waals surface area contributed by atoms with Crippen LogP contribution in [-0.4, -0.2) is 25.2 Å². The molecule has 1 aromatic heterocycles. The predicted octanol–water partition coefficient (Wildman–Crippen LogP) is 3.59. The molecule has 0 bridgehead atoms. The summed E-state index contributed by atoms with van der Waals surface area (Å²) in [5.41, 5.74) is 2.28. The molecule has 0 radical (unpaired) electrons. The lowest BCUT2D eigenvalue weighted by Gasteiger charge is -2.16. The van der Waals surface area contributed by atoms with Gasteiger partial charge in [-0.25, -0.2) is 0 Å².